The van der Waals surface area contributed by atoms with Crippen LogP contribution in [0.5, 0.6) is 0 Å². The maximum Gasteiger partial charge on any atom is 1.00 e. The van der Waals surface area contributed by atoms with Gasteiger partial charge in [-0.3, -0.25) is 14.2 Å². The van der Waals surface area contributed by atoms with Gasteiger partial charge in [-0.1, -0.05) is 11.8 Å². The van der Waals surface area contributed by atoms with E-state index in [1.807, 2.05) is 0 Å². The Kier molecular flexibility index (Phi) is 8.27. The molecule has 2 atom stereocenters. The van der Waals surface area contributed by atoms with Gasteiger partial charge < -0.3 is 21.1 Å². The summed E-state index contributed by atoms with van der Waals surface area (Å²) in [4.78, 5) is 24.4. The molecule has 1 aromatic heterocycles. The maximum atomic E-state index is 11.8. The van der Waals surface area contributed by atoms with Gasteiger partial charge in [-0.25, -0.2) is 4.68 Å². The van der Waals surface area contributed by atoms with Crippen LogP contribution in [0.4, 0.5) is 0 Å². The Balaban J connectivity index is 0.00000182. The SMILES string of the molecule is N[C@@H]1C(=O)N2C(C(=O)[O-])=C(CSc3nnnn3CS(=O)(=O)O)CS[C@H]12.O.[Na+]. The summed E-state index contributed by atoms with van der Waals surface area (Å²) < 4.78 is 31.6. The van der Waals surface area contributed by atoms with E-state index in [-0.39, 0.29) is 51.6 Å². The van der Waals surface area contributed by atoms with Gasteiger partial charge in [-0.2, -0.15) is 8.42 Å². The third-order valence-electron chi connectivity index (χ3n) is 3.44. The Morgan fingerprint density at radius 3 is 2.74 bits per heavy atom. The molecule has 2 aliphatic heterocycles. The first kappa shape index (κ1) is 24.3. The summed E-state index contributed by atoms with van der Waals surface area (Å²) in [6.45, 7) is 0. The minimum atomic E-state index is -4.34. The van der Waals surface area contributed by atoms with Gasteiger partial charge in [0, 0.05) is 11.5 Å². The Morgan fingerprint density at radius 1 is 1.48 bits per heavy atom. The fourth-order valence-electron chi connectivity index (χ4n) is 2.37. The molecule has 3 heterocycles. The number of aromatic nitrogens is 4. The van der Waals surface area contributed by atoms with Crippen LogP contribution in [0, 0.1) is 0 Å². The van der Waals surface area contributed by atoms with Crippen LogP contribution >= 0.6 is 23.5 Å². The van der Waals surface area contributed by atoms with Crippen molar-refractivity contribution in [1.29, 1.82) is 0 Å². The Hall–Kier alpha value is -0.720. The van der Waals surface area contributed by atoms with Crippen LogP contribution in [-0.4, -0.2) is 78.4 Å². The molecular formula is C10H13N6NaO7S3. The third kappa shape index (κ3) is 5.01. The van der Waals surface area contributed by atoms with Gasteiger partial charge in [-0.15, -0.1) is 16.9 Å². The van der Waals surface area contributed by atoms with Crippen LogP contribution < -0.4 is 40.4 Å². The number of carbonyl (C=O) groups excluding carboxylic acids is 2. The predicted octanol–water partition coefficient (Wildman–Crippen LogP) is -6.96. The van der Waals surface area contributed by atoms with E-state index in [2.05, 4.69) is 15.5 Å². The molecular weight excluding hydrogens is 435 g/mol. The quantitative estimate of drug-likeness (QED) is 0.180. The van der Waals surface area contributed by atoms with Crippen molar-refractivity contribution in [2.45, 2.75) is 22.4 Å². The van der Waals surface area contributed by atoms with Crippen LogP contribution in [-0.2, 0) is 25.6 Å². The average Bonchev–Trinajstić information content (AvgIpc) is 2.96. The fraction of sp³-hybridized carbons (Fsp3) is 0.500. The molecule has 0 aromatic carbocycles. The van der Waals surface area contributed by atoms with E-state index in [1.165, 1.54) is 11.8 Å². The number of rotatable bonds is 6. The van der Waals surface area contributed by atoms with E-state index in [0.717, 1.165) is 21.3 Å². The minimum absolute atomic E-state index is 0. The van der Waals surface area contributed by atoms with E-state index in [4.69, 9.17) is 10.3 Å². The first-order chi connectivity index (χ1) is 11.7. The molecule has 0 bridgehead atoms. The van der Waals surface area contributed by atoms with E-state index in [1.54, 1.807) is 0 Å². The summed E-state index contributed by atoms with van der Waals surface area (Å²) >= 11 is 2.30. The van der Waals surface area contributed by atoms with E-state index in [9.17, 15) is 23.1 Å². The molecule has 17 heteroatoms. The number of carbonyl (C=O) groups is 2. The number of thioether (sulfide) groups is 2. The van der Waals surface area contributed by atoms with Crippen molar-refractivity contribution < 1.29 is 62.7 Å². The van der Waals surface area contributed by atoms with Gasteiger partial charge >= 0.3 is 29.6 Å². The van der Waals surface area contributed by atoms with Crippen LogP contribution in [0.15, 0.2) is 16.4 Å². The zero-order chi connectivity index (χ0) is 18.4. The number of carboxylic acids is 1. The number of β-lactam (4-membered cyclic amide) rings is 1. The van der Waals surface area contributed by atoms with Crippen molar-refractivity contribution in [3.8, 4) is 0 Å². The van der Waals surface area contributed by atoms with Crippen molar-refractivity contribution in [1.82, 2.24) is 25.1 Å². The molecule has 1 aromatic rings. The molecule has 0 saturated carbocycles. The summed E-state index contributed by atoms with van der Waals surface area (Å²) in [7, 11) is -4.34. The number of amides is 1. The number of nitrogens with two attached hydrogens (primary N) is 1. The normalized spacial score (nSPS) is 21.7. The predicted molar refractivity (Wildman–Crippen MR) is 86.8 cm³/mol. The van der Waals surface area contributed by atoms with Crippen molar-refractivity contribution in [3.05, 3.63) is 11.3 Å². The molecule has 3 rings (SSSR count). The fourth-order valence-corrected chi connectivity index (χ4v) is 5.24. The van der Waals surface area contributed by atoms with Crippen molar-refractivity contribution in [3.63, 3.8) is 0 Å². The number of carboxylic acid groups (broad SMARTS) is 1. The van der Waals surface area contributed by atoms with Crippen molar-refractivity contribution in [2.75, 3.05) is 11.5 Å². The molecule has 2 aliphatic rings. The van der Waals surface area contributed by atoms with Crippen LogP contribution in [0.2, 0.25) is 0 Å². The number of hydrogen-bond acceptors (Lipinski definition) is 11. The third-order valence-corrected chi connectivity index (χ3v) is 6.42. The number of tetrazole rings is 1. The summed E-state index contributed by atoms with van der Waals surface area (Å²) in [5, 5.41) is 21.5. The molecule has 0 aliphatic carbocycles. The van der Waals surface area contributed by atoms with Crippen LogP contribution in [0.25, 0.3) is 0 Å². The van der Waals surface area contributed by atoms with Crippen LogP contribution in [0.1, 0.15) is 0 Å². The number of hydrogen-bond donors (Lipinski definition) is 2. The number of nitrogens with zero attached hydrogens (tertiary/aromatic N) is 5. The number of aliphatic carboxylic acids is 1. The second-order valence-corrected chi connectivity index (χ2v) is 8.61. The Bertz CT molecular complexity index is 874. The molecule has 0 spiro atoms. The molecule has 144 valence electrons. The second-order valence-electron chi connectivity index (χ2n) is 5.14. The topological polar surface area (TPSA) is 216 Å². The Morgan fingerprint density at radius 2 is 2.15 bits per heavy atom. The molecule has 27 heavy (non-hydrogen) atoms. The first-order valence-corrected chi connectivity index (χ1v) is 10.3. The number of fused-ring (bicyclic) bond motifs is 1. The van der Waals surface area contributed by atoms with Gasteiger partial charge in [0.1, 0.15) is 11.4 Å². The second kappa shape index (κ2) is 9.19. The standard InChI is InChI=1S/C10H12N6O6S3.Na.H2O/c11-5-7(17)16-6(9(18)19)4(1-23-8(5)16)2-24-10-12-13-14-15(10)3-25(20,21)22;;/h5,8H,1-3,11H2,(H,18,19)(H,20,21,22);;1H2/q;+1;/p-1/t5-,8-;;/m1../s1. The van der Waals surface area contributed by atoms with Gasteiger partial charge in [0.05, 0.1) is 11.7 Å². The molecule has 1 fully saturated rings. The summed E-state index contributed by atoms with van der Waals surface area (Å²) in [6, 6.07) is -0.740. The molecule has 0 radical (unpaired) electrons. The average molecular weight is 448 g/mol. The largest absolute Gasteiger partial charge is 1.00 e. The van der Waals surface area contributed by atoms with Crippen LogP contribution in [0.3, 0.4) is 0 Å². The molecule has 1 saturated heterocycles. The molecule has 0 unspecified atom stereocenters. The maximum absolute atomic E-state index is 11.8. The monoisotopic (exact) mass is 448 g/mol. The van der Waals surface area contributed by atoms with Gasteiger partial charge in [0.25, 0.3) is 10.1 Å². The molecule has 13 nitrogen and oxygen atoms in total. The van der Waals surface area contributed by atoms with E-state index in [0.29, 0.717) is 11.3 Å². The van der Waals surface area contributed by atoms with Gasteiger partial charge in [-0.05, 0) is 16.0 Å². The van der Waals surface area contributed by atoms with Gasteiger partial charge in [0.2, 0.25) is 11.1 Å². The van der Waals surface area contributed by atoms with Gasteiger partial charge in [0.15, 0.2) is 5.88 Å². The minimum Gasteiger partial charge on any atom is -0.543 e. The van der Waals surface area contributed by atoms with E-state index < -0.39 is 39.3 Å². The van der Waals surface area contributed by atoms with Crippen molar-refractivity contribution >= 4 is 45.5 Å². The molecule has 1 amide bonds. The zero-order valence-corrected chi connectivity index (χ0v) is 18.3. The van der Waals surface area contributed by atoms with E-state index >= 15 is 0 Å². The zero-order valence-electron chi connectivity index (χ0n) is 13.8. The Labute approximate surface area is 183 Å². The smallest absolute Gasteiger partial charge is 0.543 e. The summed E-state index contributed by atoms with van der Waals surface area (Å²) in [5.41, 5.74) is 5.84. The van der Waals surface area contributed by atoms with Crippen molar-refractivity contribution in [2.24, 2.45) is 5.73 Å². The first-order valence-electron chi connectivity index (χ1n) is 6.67. The molecule has 5 N–H and O–H groups in total. The summed E-state index contributed by atoms with van der Waals surface area (Å²) in [5.74, 6) is -2.40. The summed E-state index contributed by atoms with van der Waals surface area (Å²) in [6.07, 6.45) is 0.